The summed E-state index contributed by atoms with van der Waals surface area (Å²) in [5.74, 6) is -0.161. The summed E-state index contributed by atoms with van der Waals surface area (Å²) in [6.07, 6.45) is 2.16. The van der Waals surface area contributed by atoms with Crippen molar-refractivity contribution in [3.8, 4) is 5.75 Å². The van der Waals surface area contributed by atoms with E-state index in [4.69, 9.17) is 4.74 Å². The molecule has 23 heavy (non-hydrogen) atoms. The minimum atomic E-state index is -0.349. The number of ether oxygens (including phenoxy) is 1. The summed E-state index contributed by atoms with van der Waals surface area (Å²) in [4.78, 5) is 17.6. The summed E-state index contributed by atoms with van der Waals surface area (Å²) in [6, 6.07) is 4.40. The van der Waals surface area contributed by atoms with Gasteiger partial charge in [0.05, 0.1) is 25.0 Å². The van der Waals surface area contributed by atoms with Crippen molar-refractivity contribution in [2.45, 2.75) is 18.9 Å². The van der Waals surface area contributed by atoms with Gasteiger partial charge in [-0.1, -0.05) is 0 Å². The smallest absolute Gasteiger partial charge is 0.221 e. The molecule has 0 unspecified atom stereocenters. The molecule has 1 aromatic carbocycles. The van der Waals surface area contributed by atoms with Crippen molar-refractivity contribution in [1.82, 2.24) is 14.7 Å². The minimum absolute atomic E-state index is 0.0803. The Hall–Kier alpha value is -2.41. The normalized spacial score (nSPS) is 17.7. The molecular weight excluding hydrogens is 317 g/mol. The van der Waals surface area contributed by atoms with Crippen LogP contribution in [0.1, 0.15) is 29.3 Å². The molecule has 1 amide bonds. The van der Waals surface area contributed by atoms with Crippen LogP contribution in [0.3, 0.4) is 0 Å². The van der Waals surface area contributed by atoms with Crippen molar-refractivity contribution in [1.29, 1.82) is 0 Å². The van der Waals surface area contributed by atoms with E-state index in [1.165, 1.54) is 23.5 Å². The molecule has 0 fully saturated rings. The van der Waals surface area contributed by atoms with E-state index in [-0.39, 0.29) is 24.1 Å². The molecule has 118 valence electrons. The summed E-state index contributed by atoms with van der Waals surface area (Å²) in [5.41, 5.74) is 2.40. The molecule has 0 spiro atoms. The molecular formula is C16H14FN3O2S. The van der Waals surface area contributed by atoms with Gasteiger partial charge in [-0.05, 0) is 18.2 Å². The number of imidazole rings is 1. The van der Waals surface area contributed by atoms with Crippen LogP contribution in [0.4, 0.5) is 4.39 Å². The Morgan fingerprint density at radius 2 is 2.35 bits per heavy atom. The first kappa shape index (κ1) is 14.2. The number of nitrogens with one attached hydrogen (secondary N) is 1. The molecule has 0 radical (unpaired) electrons. The third-order valence-corrected chi connectivity index (χ3v) is 4.87. The lowest BCUT2D eigenvalue weighted by Crippen LogP contribution is -2.21. The van der Waals surface area contributed by atoms with E-state index in [1.54, 1.807) is 13.2 Å². The highest BCUT2D eigenvalue weighted by atomic mass is 32.1. The molecule has 3 aromatic rings. The highest BCUT2D eigenvalue weighted by molar-refractivity contribution is 7.15. The zero-order valence-corrected chi connectivity index (χ0v) is 13.2. The quantitative estimate of drug-likeness (QED) is 0.785. The molecule has 2 aromatic heterocycles. The number of amides is 1. The number of methoxy groups -OCH3 is 1. The molecule has 1 N–H and O–H groups in total. The average Bonchev–Trinajstić information content (AvgIpc) is 3.07. The van der Waals surface area contributed by atoms with Gasteiger partial charge in [0.15, 0.2) is 4.96 Å². The number of thiazole rings is 1. The largest absolute Gasteiger partial charge is 0.496 e. The Balaban J connectivity index is 1.96. The number of fused-ring (bicyclic) bond motifs is 3. The van der Waals surface area contributed by atoms with Gasteiger partial charge in [0.2, 0.25) is 5.91 Å². The van der Waals surface area contributed by atoms with Gasteiger partial charge < -0.3 is 10.1 Å². The van der Waals surface area contributed by atoms with Crippen LogP contribution < -0.4 is 10.1 Å². The summed E-state index contributed by atoms with van der Waals surface area (Å²) in [5, 5.41) is 4.81. The Morgan fingerprint density at radius 1 is 1.48 bits per heavy atom. The van der Waals surface area contributed by atoms with Crippen molar-refractivity contribution < 1.29 is 13.9 Å². The molecule has 1 aliphatic heterocycles. The molecule has 0 bridgehead atoms. The number of halogens is 1. The van der Waals surface area contributed by atoms with Crippen LogP contribution >= 0.6 is 11.3 Å². The number of hydrogen-bond acceptors (Lipinski definition) is 4. The number of aromatic nitrogens is 2. The predicted molar refractivity (Wildman–Crippen MR) is 84.3 cm³/mol. The van der Waals surface area contributed by atoms with E-state index < -0.39 is 0 Å². The maximum absolute atomic E-state index is 13.8. The summed E-state index contributed by atoms with van der Waals surface area (Å²) < 4.78 is 21.2. The fraction of sp³-hybridized carbons (Fsp3) is 0.250. The van der Waals surface area contributed by atoms with E-state index in [0.717, 1.165) is 16.3 Å². The van der Waals surface area contributed by atoms with Crippen LogP contribution in [0, 0.1) is 5.82 Å². The number of benzene rings is 1. The average molecular weight is 331 g/mol. The second-order valence-corrected chi connectivity index (χ2v) is 6.29. The molecule has 7 heteroatoms. The van der Waals surface area contributed by atoms with Gasteiger partial charge >= 0.3 is 0 Å². The maximum Gasteiger partial charge on any atom is 0.221 e. The third-order valence-electron chi connectivity index (χ3n) is 4.12. The van der Waals surface area contributed by atoms with Gasteiger partial charge in [-0.25, -0.2) is 9.37 Å². The second kappa shape index (κ2) is 5.34. The number of hydrogen-bond donors (Lipinski definition) is 1. The third kappa shape index (κ3) is 2.28. The van der Waals surface area contributed by atoms with Crippen LogP contribution in [0.5, 0.6) is 5.75 Å². The highest BCUT2D eigenvalue weighted by Crippen LogP contribution is 2.38. The van der Waals surface area contributed by atoms with E-state index in [1.807, 2.05) is 16.0 Å². The molecule has 0 saturated carbocycles. The van der Waals surface area contributed by atoms with Crippen molar-refractivity contribution in [3.05, 3.63) is 52.5 Å². The maximum atomic E-state index is 13.8. The van der Waals surface area contributed by atoms with Crippen molar-refractivity contribution in [3.63, 3.8) is 0 Å². The molecule has 3 heterocycles. The van der Waals surface area contributed by atoms with Crippen LogP contribution in [0.25, 0.3) is 4.96 Å². The fourth-order valence-corrected chi connectivity index (χ4v) is 3.86. The zero-order valence-electron chi connectivity index (χ0n) is 12.4. The monoisotopic (exact) mass is 331 g/mol. The summed E-state index contributed by atoms with van der Waals surface area (Å²) in [6.45, 7) is 0.386. The van der Waals surface area contributed by atoms with Crippen LogP contribution in [0.15, 0.2) is 29.8 Å². The summed E-state index contributed by atoms with van der Waals surface area (Å²) >= 11 is 1.53. The standard InChI is InChI=1S/C16H14FN3O2S/c1-22-13-3-2-9(17)6-10(13)11-7-14(21)18-8-12-15(11)20-4-5-23-16(20)19-12/h2-6,11H,7-8H2,1H3,(H,18,21)/t11-/m1/s1. The topological polar surface area (TPSA) is 55.6 Å². The van der Waals surface area contributed by atoms with Crippen molar-refractivity contribution in [2.24, 2.45) is 0 Å². The first-order valence-electron chi connectivity index (χ1n) is 7.22. The number of nitrogens with zero attached hydrogens (tertiary/aromatic N) is 2. The molecule has 4 rings (SSSR count). The van der Waals surface area contributed by atoms with Crippen LogP contribution in [-0.2, 0) is 11.3 Å². The van der Waals surface area contributed by atoms with Gasteiger partial charge in [0.25, 0.3) is 0 Å². The predicted octanol–water partition coefficient (Wildman–Crippen LogP) is 2.70. The number of carbonyl (C=O) groups excluding carboxylic acids is 1. The van der Waals surface area contributed by atoms with Gasteiger partial charge in [-0.15, -0.1) is 11.3 Å². The Labute approximate surface area is 135 Å². The summed E-state index contributed by atoms with van der Waals surface area (Å²) in [7, 11) is 1.55. The fourth-order valence-electron chi connectivity index (χ4n) is 3.12. The molecule has 1 atom stereocenters. The number of carbonyl (C=O) groups is 1. The first-order chi connectivity index (χ1) is 11.2. The molecule has 5 nitrogen and oxygen atoms in total. The van der Waals surface area contributed by atoms with E-state index in [2.05, 4.69) is 10.3 Å². The lowest BCUT2D eigenvalue weighted by atomic mass is 9.90. The molecule has 1 aliphatic rings. The SMILES string of the molecule is COc1ccc(F)cc1[C@H]1CC(=O)NCc2nc3sccn3c21. The zero-order chi connectivity index (χ0) is 16.0. The molecule has 0 aliphatic carbocycles. The lowest BCUT2D eigenvalue weighted by Gasteiger charge is -2.18. The lowest BCUT2D eigenvalue weighted by molar-refractivity contribution is -0.121. The van der Waals surface area contributed by atoms with E-state index >= 15 is 0 Å². The van der Waals surface area contributed by atoms with Crippen molar-refractivity contribution >= 4 is 22.2 Å². The van der Waals surface area contributed by atoms with Crippen LogP contribution in [-0.4, -0.2) is 22.4 Å². The second-order valence-electron chi connectivity index (χ2n) is 5.42. The minimum Gasteiger partial charge on any atom is -0.496 e. The van der Waals surface area contributed by atoms with Gasteiger partial charge in [0, 0.05) is 29.5 Å². The Kier molecular flexibility index (Phi) is 3.30. The first-order valence-corrected chi connectivity index (χ1v) is 8.10. The molecule has 0 saturated heterocycles. The Morgan fingerprint density at radius 3 is 3.17 bits per heavy atom. The number of rotatable bonds is 2. The Bertz CT molecular complexity index is 902. The van der Waals surface area contributed by atoms with E-state index in [0.29, 0.717) is 17.9 Å². The van der Waals surface area contributed by atoms with Gasteiger partial charge in [-0.3, -0.25) is 9.20 Å². The van der Waals surface area contributed by atoms with Gasteiger partial charge in [-0.2, -0.15) is 0 Å². The van der Waals surface area contributed by atoms with E-state index in [9.17, 15) is 9.18 Å². The highest BCUT2D eigenvalue weighted by Gasteiger charge is 2.31. The van der Waals surface area contributed by atoms with Crippen molar-refractivity contribution in [2.75, 3.05) is 7.11 Å². The van der Waals surface area contributed by atoms with Gasteiger partial charge in [0.1, 0.15) is 11.6 Å². The van der Waals surface area contributed by atoms with Crippen LogP contribution in [0.2, 0.25) is 0 Å².